The number of hydrogen-bond donors (Lipinski definition) is 0. The van der Waals surface area contributed by atoms with Gasteiger partial charge in [-0.25, -0.2) is 0 Å². The molecule has 5 rings (SSSR count). The Kier molecular flexibility index (Phi) is 13.1. The second kappa shape index (κ2) is 15.0. The molecule has 0 amide bonds. The van der Waals surface area contributed by atoms with Gasteiger partial charge in [-0.1, -0.05) is 18.5 Å². The van der Waals surface area contributed by atoms with Crippen molar-refractivity contribution in [1.29, 1.82) is 0 Å². The Balaban J connectivity index is 0.000000733. The molecule has 196 valence electrons. The normalized spacial score (nSPS) is 20.1. The van der Waals surface area contributed by atoms with Crippen LogP contribution in [0.3, 0.4) is 0 Å². The zero-order valence-corrected chi connectivity index (χ0v) is 29.9. The van der Waals surface area contributed by atoms with Crippen molar-refractivity contribution in [2.75, 3.05) is 0 Å². The summed E-state index contributed by atoms with van der Waals surface area (Å²) in [5.74, 6) is 1.17. The van der Waals surface area contributed by atoms with Gasteiger partial charge < -0.3 is 24.8 Å². The average molecular weight is 716 g/mol. The van der Waals surface area contributed by atoms with Crippen LogP contribution in [0.4, 0.5) is 0 Å². The van der Waals surface area contributed by atoms with Crippen molar-refractivity contribution in [3.63, 3.8) is 0 Å². The number of aryl methyl sites for hydroxylation is 2. The molecule has 1 saturated heterocycles. The van der Waals surface area contributed by atoms with E-state index in [0.29, 0.717) is 21.4 Å². The maximum absolute atomic E-state index is 2.53. The van der Waals surface area contributed by atoms with E-state index in [1.807, 2.05) is 0 Å². The van der Waals surface area contributed by atoms with E-state index in [9.17, 15) is 0 Å². The molecule has 0 spiro atoms. The molecule has 1 aliphatic heterocycles. The predicted octanol–water partition coefficient (Wildman–Crippen LogP) is 2.61. The summed E-state index contributed by atoms with van der Waals surface area (Å²) in [4.78, 5) is 0. The minimum atomic E-state index is -1.10. The molecule has 2 aromatic rings. The monoisotopic (exact) mass is 716 g/mol. The van der Waals surface area contributed by atoms with Gasteiger partial charge in [0.25, 0.3) is 0 Å². The summed E-state index contributed by atoms with van der Waals surface area (Å²) in [5.41, 5.74) is 11.8. The molecular weight excluding hydrogens is 674 g/mol. The number of allylic oxidation sites excluding steroid dienone is 8. The van der Waals surface area contributed by atoms with Gasteiger partial charge in [-0.3, -0.25) is 0 Å². The first kappa shape index (κ1) is 32.3. The minimum Gasteiger partial charge on any atom is -1.00 e. The van der Waals surface area contributed by atoms with Gasteiger partial charge in [0.15, 0.2) is 0 Å². The van der Waals surface area contributed by atoms with Crippen molar-refractivity contribution in [1.82, 2.24) is 0 Å². The Bertz CT molecular complexity index is 1110. The number of halogens is 2. The topological polar surface area (TPSA) is 0 Å². The molecule has 2 unspecified atom stereocenters. The molecule has 3 aliphatic rings. The Morgan fingerprint density at radius 2 is 1.11 bits per heavy atom. The van der Waals surface area contributed by atoms with Crippen molar-refractivity contribution in [3.05, 3.63) is 101 Å². The second-order valence-electron chi connectivity index (χ2n) is 10.5. The molecule has 1 fully saturated rings. The Morgan fingerprint density at radius 1 is 0.730 bits per heavy atom. The van der Waals surface area contributed by atoms with Crippen molar-refractivity contribution in [2.45, 2.75) is 72.9 Å². The Hall–Kier alpha value is -0.933. The van der Waals surface area contributed by atoms with E-state index in [1.165, 1.54) is 33.4 Å². The molecule has 2 atom stereocenters. The van der Waals surface area contributed by atoms with Gasteiger partial charge in [0.1, 0.15) is 0 Å². The third kappa shape index (κ3) is 7.59. The van der Waals surface area contributed by atoms with Crippen molar-refractivity contribution in [2.24, 2.45) is 11.8 Å². The van der Waals surface area contributed by atoms with Gasteiger partial charge in [0, 0.05) is 9.52 Å². The third-order valence-electron chi connectivity index (χ3n) is 7.92. The van der Waals surface area contributed by atoms with Gasteiger partial charge in [-0.15, -0.1) is 0 Å². The van der Waals surface area contributed by atoms with Crippen LogP contribution in [0.2, 0.25) is 12.1 Å². The molecule has 0 nitrogen and oxygen atoms in total. The fourth-order valence-electron chi connectivity index (χ4n) is 5.24. The van der Waals surface area contributed by atoms with E-state index < -0.39 is 22.9 Å². The van der Waals surface area contributed by atoms with Gasteiger partial charge in [0.05, 0.1) is 0 Å². The summed E-state index contributed by atoms with van der Waals surface area (Å²) in [6.45, 7) is 14.1. The molecule has 2 aromatic carbocycles. The standard InChI is InChI=1S/2C15H17.C3H8Si.2ClH.Hf/c2*1-4-13-6-5-7-14(10-13)15-9-11(2)8-12(15)3;1-2-4-3-1;;;/h2*5-7,9-11H,4H2,1-3H3;1-4H2;2*1H;/q;;;;;+2/p-2. The first-order chi connectivity index (χ1) is 16.9. The van der Waals surface area contributed by atoms with Crippen molar-refractivity contribution >= 4 is 20.7 Å². The van der Waals surface area contributed by atoms with Gasteiger partial charge >= 0.3 is 201 Å². The van der Waals surface area contributed by atoms with Crippen molar-refractivity contribution < 1.29 is 47.7 Å². The van der Waals surface area contributed by atoms with Crippen LogP contribution in [0.25, 0.3) is 11.1 Å². The largest absolute Gasteiger partial charge is 1.00 e. The first-order valence-corrected chi connectivity index (χ1v) is 19.3. The number of benzene rings is 2. The molecule has 0 bridgehead atoms. The number of hydrogen-bond acceptors (Lipinski definition) is 0. The van der Waals surface area contributed by atoms with Gasteiger partial charge in [0.2, 0.25) is 0 Å². The average Bonchev–Trinajstić information content (AvgIpc) is 3.28. The van der Waals surface area contributed by atoms with Crippen LogP contribution in [0, 0.1) is 11.8 Å². The molecule has 0 radical (unpaired) electrons. The number of rotatable bonds is 6. The van der Waals surface area contributed by atoms with Crippen LogP contribution in [0.5, 0.6) is 0 Å². The van der Waals surface area contributed by atoms with E-state index in [1.54, 1.807) is 36.3 Å². The molecule has 37 heavy (non-hydrogen) atoms. The zero-order valence-electron chi connectivity index (χ0n) is 23.4. The van der Waals surface area contributed by atoms with Crippen LogP contribution in [-0.2, 0) is 35.7 Å². The van der Waals surface area contributed by atoms with Crippen LogP contribution in [0.1, 0.15) is 70.2 Å². The maximum Gasteiger partial charge on any atom is -1.00 e. The van der Waals surface area contributed by atoms with E-state index in [0.717, 1.165) is 12.8 Å². The summed E-state index contributed by atoms with van der Waals surface area (Å²) in [5, 5.41) is 0. The summed E-state index contributed by atoms with van der Waals surface area (Å²) in [7, 11) is 0.605. The smallest absolute Gasteiger partial charge is 1.00 e. The van der Waals surface area contributed by atoms with E-state index in [-0.39, 0.29) is 24.8 Å². The fraction of sp³-hybridized carbons (Fsp3) is 0.394. The summed E-state index contributed by atoms with van der Waals surface area (Å²) < 4.78 is 3.57. The maximum atomic E-state index is 2.53. The van der Waals surface area contributed by atoms with Crippen LogP contribution in [0.15, 0.2) is 78.5 Å². The third-order valence-corrected chi connectivity index (χ3v) is 17.8. The Labute approximate surface area is 252 Å². The molecule has 0 N–H and O–H groups in total. The van der Waals surface area contributed by atoms with Crippen LogP contribution in [-0.4, -0.2) is 9.52 Å². The van der Waals surface area contributed by atoms with Crippen LogP contribution >= 0.6 is 0 Å². The van der Waals surface area contributed by atoms with E-state index in [4.69, 9.17) is 0 Å². The second-order valence-corrected chi connectivity index (χ2v) is 17.4. The van der Waals surface area contributed by atoms with Gasteiger partial charge in [-0.2, -0.15) is 0 Å². The molecule has 4 heteroatoms. The zero-order chi connectivity index (χ0) is 24.9. The minimum absolute atomic E-state index is 0. The van der Waals surface area contributed by atoms with Crippen molar-refractivity contribution in [3.8, 4) is 0 Å². The molecule has 0 aromatic heterocycles. The summed E-state index contributed by atoms with van der Waals surface area (Å²) in [6, 6.07) is 21.6. The fourth-order valence-corrected chi connectivity index (χ4v) is 11.3. The van der Waals surface area contributed by atoms with Crippen LogP contribution < -0.4 is 24.8 Å². The van der Waals surface area contributed by atoms with E-state index in [2.05, 4.69) is 102 Å². The molecule has 0 saturated carbocycles. The molecule has 1 heterocycles. The first-order valence-electron chi connectivity index (χ1n) is 13.7. The quantitative estimate of drug-likeness (QED) is 0.404. The predicted molar refractivity (Wildman–Crippen MR) is 154 cm³/mol. The summed E-state index contributed by atoms with van der Waals surface area (Å²) >= 11 is -1.10. The molecular formula is C33H42Cl2HfSi. The van der Waals surface area contributed by atoms with Gasteiger partial charge in [-0.05, 0) is 0 Å². The summed E-state index contributed by atoms with van der Waals surface area (Å²) in [6.07, 6.45) is 8.82. The SMILES string of the molecule is C1C[SiH2]C1.CCc1cccc(C2=CC(C)[C]([Hf+2][C]3=C(C)C(c4cccc(CC)c4)=CC3C)=C2C)c1.[Cl-].[Cl-]. The Morgan fingerprint density at radius 3 is 1.43 bits per heavy atom. The molecule has 2 aliphatic carbocycles. The van der Waals surface area contributed by atoms with E-state index >= 15 is 0 Å².